The molecular formula is C17H13FOS. The maximum absolute atomic E-state index is 13.5. The number of hydrogen-bond acceptors (Lipinski definition) is 2. The number of fused-ring (bicyclic) bond motifs is 4. The van der Waals surface area contributed by atoms with Crippen LogP contribution in [0.4, 0.5) is 4.39 Å². The van der Waals surface area contributed by atoms with Crippen molar-refractivity contribution in [2.75, 3.05) is 5.75 Å². The summed E-state index contributed by atoms with van der Waals surface area (Å²) in [7, 11) is 0. The molecule has 1 heterocycles. The Morgan fingerprint density at radius 2 is 1.95 bits per heavy atom. The van der Waals surface area contributed by atoms with Gasteiger partial charge in [0.05, 0.1) is 6.61 Å². The highest BCUT2D eigenvalue weighted by atomic mass is 32.2. The van der Waals surface area contributed by atoms with Gasteiger partial charge in [-0.1, -0.05) is 12.1 Å². The largest absolute Gasteiger partial charge is 0.392 e. The van der Waals surface area contributed by atoms with E-state index in [9.17, 15) is 9.50 Å². The number of allylic oxidation sites excluding steroid dienone is 1. The predicted molar refractivity (Wildman–Crippen MR) is 80.0 cm³/mol. The number of rotatable bonds is 1. The lowest BCUT2D eigenvalue weighted by molar-refractivity contribution is 0.282. The van der Waals surface area contributed by atoms with Crippen molar-refractivity contribution >= 4 is 22.9 Å². The molecule has 4 rings (SSSR count). The van der Waals surface area contributed by atoms with Crippen molar-refractivity contribution in [3.05, 3.63) is 64.5 Å². The van der Waals surface area contributed by atoms with E-state index in [1.54, 1.807) is 17.8 Å². The molecule has 3 heteroatoms. The molecule has 0 atom stereocenters. The summed E-state index contributed by atoms with van der Waals surface area (Å²) in [4.78, 5) is 1.17. The zero-order valence-electron chi connectivity index (χ0n) is 10.8. The lowest BCUT2D eigenvalue weighted by Gasteiger charge is -2.18. The first kappa shape index (κ1) is 12.2. The van der Waals surface area contributed by atoms with E-state index >= 15 is 0 Å². The summed E-state index contributed by atoms with van der Waals surface area (Å²) in [6.07, 6.45) is 0.868. The Morgan fingerprint density at radius 3 is 2.80 bits per heavy atom. The number of benzene rings is 2. The van der Waals surface area contributed by atoms with Gasteiger partial charge in [0.1, 0.15) is 5.82 Å². The SMILES string of the molecule is OCc1ccc2c(c1)C1=C(C2)c2cc(F)ccc2SC1. The van der Waals surface area contributed by atoms with Crippen LogP contribution in [0.1, 0.15) is 22.3 Å². The van der Waals surface area contributed by atoms with Crippen LogP contribution < -0.4 is 0 Å². The summed E-state index contributed by atoms with van der Waals surface area (Å²) >= 11 is 1.76. The van der Waals surface area contributed by atoms with Crippen LogP contribution in [-0.2, 0) is 13.0 Å². The average molecular weight is 284 g/mol. The average Bonchev–Trinajstić information content (AvgIpc) is 2.85. The monoisotopic (exact) mass is 284 g/mol. The number of halogens is 1. The van der Waals surface area contributed by atoms with E-state index in [4.69, 9.17) is 0 Å². The highest BCUT2D eigenvalue weighted by Crippen LogP contribution is 2.47. The fourth-order valence-electron chi connectivity index (χ4n) is 3.05. The van der Waals surface area contributed by atoms with Gasteiger partial charge in [-0.2, -0.15) is 0 Å². The second kappa shape index (κ2) is 4.47. The van der Waals surface area contributed by atoms with Crippen LogP contribution in [-0.4, -0.2) is 10.9 Å². The minimum Gasteiger partial charge on any atom is -0.392 e. The first-order valence-corrected chi connectivity index (χ1v) is 7.62. The Morgan fingerprint density at radius 1 is 1.05 bits per heavy atom. The minimum atomic E-state index is -0.176. The minimum absolute atomic E-state index is 0.0637. The second-order valence-corrected chi connectivity index (χ2v) is 6.23. The first-order valence-electron chi connectivity index (χ1n) is 6.64. The second-order valence-electron chi connectivity index (χ2n) is 5.21. The summed E-state index contributed by atoms with van der Waals surface area (Å²) in [5, 5.41) is 9.29. The maximum atomic E-state index is 13.5. The number of aliphatic hydroxyl groups excluding tert-OH is 1. The molecule has 1 N–H and O–H groups in total. The van der Waals surface area contributed by atoms with Crippen molar-refractivity contribution in [3.63, 3.8) is 0 Å². The molecular weight excluding hydrogens is 271 g/mol. The lowest BCUT2D eigenvalue weighted by Crippen LogP contribution is -1.99. The molecule has 1 nitrogen and oxygen atoms in total. The first-order chi connectivity index (χ1) is 9.76. The molecule has 2 aliphatic rings. The molecule has 100 valence electrons. The maximum Gasteiger partial charge on any atom is 0.123 e. The molecule has 0 saturated heterocycles. The topological polar surface area (TPSA) is 20.2 Å². The summed E-state index contributed by atoms with van der Waals surface area (Å²) in [6.45, 7) is 0.0637. The number of aliphatic hydroxyl groups is 1. The molecule has 1 aliphatic heterocycles. The Kier molecular flexibility index (Phi) is 2.72. The summed E-state index contributed by atoms with van der Waals surface area (Å²) in [5.41, 5.74) is 7.05. The molecule has 2 aromatic carbocycles. The van der Waals surface area contributed by atoms with Gasteiger partial charge in [-0.25, -0.2) is 4.39 Å². The van der Waals surface area contributed by atoms with Crippen molar-refractivity contribution in [2.24, 2.45) is 0 Å². The lowest BCUT2D eigenvalue weighted by atomic mass is 10.0. The van der Waals surface area contributed by atoms with Crippen LogP contribution in [0.2, 0.25) is 0 Å². The van der Waals surface area contributed by atoms with Crippen LogP contribution in [0.3, 0.4) is 0 Å². The van der Waals surface area contributed by atoms with Gasteiger partial charge in [0.2, 0.25) is 0 Å². The number of hydrogen-bond donors (Lipinski definition) is 1. The Balaban J connectivity index is 1.89. The number of thioether (sulfide) groups is 1. The van der Waals surface area contributed by atoms with Crippen LogP contribution in [0.25, 0.3) is 11.1 Å². The van der Waals surface area contributed by atoms with Crippen molar-refractivity contribution in [3.8, 4) is 0 Å². The van der Waals surface area contributed by atoms with Crippen LogP contribution in [0.5, 0.6) is 0 Å². The zero-order chi connectivity index (χ0) is 13.7. The summed E-state index contributed by atoms with van der Waals surface area (Å²) in [5.74, 6) is 0.751. The predicted octanol–water partition coefficient (Wildman–Crippen LogP) is 3.89. The molecule has 0 bridgehead atoms. The fourth-order valence-corrected chi connectivity index (χ4v) is 4.18. The van der Waals surface area contributed by atoms with Gasteiger partial charge in [0.25, 0.3) is 0 Å². The molecule has 0 spiro atoms. The van der Waals surface area contributed by atoms with Crippen LogP contribution in [0.15, 0.2) is 41.3 Å². The van der Waals surface area contributed by atoms with Gasteiger partial charge in [0.15, 0.2) is 0 Å². The van der Waals surface area contributed by atoms with Gasteiger partial charge >= 0.3 is 0 Å². The molecule has 0 fully saturated rings. The third-order valence-electron chi connectivity index (χ3n) is 4.05. The van der Waals surface area contributed by atoms with Crippen LogP contribution in [0, 0.1) is 5.82 Å². The van der Waals surface area contributed by atoms with E-state index < -0.39 is 0 Å². The normalized spacial score (nSPS) is 15.9. The van der Waals surface area contributed by atoms with Crippen molar-refractivity contribution in [2.45, 2.75) is 17.9 Å². The smallest absolute Gasteiger partial charge is 0.123 e. The summed E-state index contributed by atoms with van der Waals surface area (Å²) < 4.78 is 13.5. The van der Waals surface area contributed by atoms with Crippen molar-refractivity contribution in [1.82, 2.24) is 0 Å². The van der Waals surface area contributed by atoms with E-state index in [0.717, 1.165) is 23.3 Å². The fraction of sp³-hybridized carbons (Fsp3) is 0.176. The van der Waals surface area contributed by atoms with E-state index in [1.807, 2.05) is 12.1 Å². The van der Waals surface area contributed by atoms with E-state index in [-0.39, 0.29) is 12.4 Å². The summed E-state index contributed by atoms with van der Waals surface area (Å²) in [6, 6.07) is 11.2. The van der Waals surface area contributed by atoms with E-state index in [2.05, 4.69) is 12.1 Å². The molecule has 0 unspecified atom stereocenters. The Bertz CT molecular complexity index is 749. The highest BCUT2D eigenvalue weighted by molar-refractivity contribution is 7.99. The Hall–Kier alpha value is -1.58. The standard InChI is InChI=1S/C17H13FOS/c18-12-3-4-17-15(7-12)14-6-11-2-1-10(8-19)5-13(11)16(14)9-20-17/h1-5,7,19H,6,8-9H2. The van der Waals surface area contributed by atoms with Gasteiger partial charge < -0.3 is 5.11 Å². The van der Waals surface area contributed by atoms with Gasteiger partial charge in [-0.15, -0.1) is 11.8 Å². The Labute approximate surface area is 121 Å². The quantitative estimate of drug-likeness (QED) is 0.857. The zero-order valence-corrected chi connectivity index (χ0v) is 11.6. The molecule has 0 aromatic heterocycles. The van der Waals surface area contributed by atoms with E-state index in [0.29, 0.717) is 0 Å². The molecule has 0 saturated carbocycles. The van der Waals surface area contributed by atoms with Gasteiger partial charge in [-0.05, 0) is 64.1 Å². The van der Waals surface area contributed by atoms with Crippen molar-refractivity contribution in [1.29, 1.82) is 0 Å². The van der Waals surface area contributed by atoms with Gasteiger partial charge in [-0.3, -0.25) is 0 Å². The molecule has 0 radical (unpaired) electrons. The third kappa shape index (κ3) is 1.74. The molecule has 0 amide bonds. The molecule has 2 aromatic rings. The van der Waals surface area contributed by atoms with Crippen molar-refractivity contribution < 1.29 is 9.50 Å². The van der Waals surface area contributed by atoms with E-state index in [1.165, 1.54) is 33.2 Å². The molecule has 20 heavy (non-hydrogen) atoms. The van der Waals surface area contributed by atoms with Crippen LogP contribution >= 0.6 is 11.8 Å². The van der Waals surface area contributed by atoms with Gasteiger partial charge in [0, 0.05) is 10.6 Å². The third-order valence-corrected chi connectivity index (χ3v) is 5.15. The highest BCUT2D eigenvalue weighted by Gasteiger charge is 2.28. The molecule has 1 aliphatic carbocycles.